The van der Waals surface area contributed by atoms with E-state index in [0.717, 1.165) is 3.57 Å². The number of anilines is 1. The summed E-state index contributed by atoms with van der Waals surface area (Å²) in [5.41, 5.74) is 0.677. The predicted octanol–water partition coefficient (Wildman–Crippen LogP) is 0.766. The maximum absolute atomic E-state index is 11.3. The number of carbonyl (C=O) groups excluding carboxylic acids is 1. The van der Waals surface area contributed by atoms with E-state index in [1.807, 2.05) is 12.1 Å². The molecule has 1 atom stereocenters. The van der Waals surface area contributed by atoms with Gasteiger partial charge in [-0.05, 0) is 46.9 Å². The van der Waals surface area contributed by atoms with Crippen LogP contribution in [0.15, 0.2) is 24.3 Å². The highest BCUT2D eigenvalue weighted by Crippen LogP contribution is 2.10. The topological polar surface area (TPSA) is 81.6 Å². The molecule has 1 aromatic rings. The molecule has 0 aliphatic heterocycles. The molecule has 0 heterocycles. The minimum Gasteiger partial charge on any atom is -0.394 e. The number of urea groups is 1. The third-order valence-corrected chi connectivity index (χ3v) is 2.53. The molecule has 5 nitrogen and oxygen atoms in total. The molecule has 6 heteroatoms. The second-order valence-corrected chi connectivity index (χ2v) is 4.42. The van der Waals surface area contributed by atoms with Crippen LogP contribution in [0.1, 0.15) is 0 Å². The Labute approximate surface area is 107 Å². The van der Waals surface area contributed by atoms with Crippen molar-refractivity contribution in [3.8, 4) is 0 Å². The lowest BCUT2D eigenvalue weighted by molar-refractivity contribution is 0.0965. The van der Waals surface area contributed by atoms with E-state index in [0.29, 0.717) is 5.69 Å². The standard InChI is InChI=1S/C10H13IN2O3/c11-7-1-3-8(4-2-7)13-10(16)12-5-9(15)6-14/h1-4,9,14-15H,5-6H2,(H2,12,13,16). The van der Waals surface area contributed by atoms with Crippen LogP contribution in [0, 0.1) is 3.57 Å². The van der Waals surface area contributed by atoms with E-state index in [1.54, 1.807) is 12.1 Å². The summed E-state index contributed by atoms with van der Waals surface area (Å²) in [7, 11) is 0. The molecule has 0 saturated carbocycles. The van der Waals surface area contributed by atoms with Crippen LogP contribution >= 0.6 is 22.6 Å². The summed E-state index contributed by atoms with van der Waals surface area (Å²) in [4.78, 5) is 11.3. The third-order valence-electron chi connectivity index (χ3n) is 1.81. The first-order valence-electron chi connectivity index (χ1n) is 4.71. The average molecular weight is 336 g/mol. The van der Waals surface area contributed by atoms with E-state index in [9.17, 15) is 4.79 Å². The fourth-order valence-corrected chi connectivity index (χ4v) is 1.34. The zero-order chi connectivity index (χ0) is 12.0. The molecule has 1 aromatic carbocycles. The Balaban J connectivity index is 2.37. The van der Waals surface area contributed by atoms with Crippen LogP contribution in [-0.2, 0) is 0 Å². The van der Waals surface area contributed by atoms with Gasteiger partial charge in [-0.2, -0.15) is 0 Å². The first-order valence-corrected chi connectivity index (χ1v) is 5.79. The van der Waals surface area contributed by atoms with Crippen molar-refractivity contribution in [3.63, 3.8) is 0 Å². The molecule has 0 fully saturated rings. The van der Waals surface area contributed by atoms with Gasteiger partial charge in [0.05, 0.1) is 12.7 Å². The molecule has 4 N–H and O–H groups in total. The maximum atomic E-state index is 11.3. The minimum absolute atomic E-state index is 0.0205. The van der Waals surface area contributed by atoms with Gasteiger partial charge < -0.3 is 20.8 Å². The van der Waals surface area contributed by atoms with Gasteiger partial charge in [0, 0.05) is 15.8 Å². The summed E-state index contributed by atoms with van der Waals surface area (Å²) in [5, 5.41) is 22.6. The van der Waals surface area contributed by atoms with Gasteiger partial charge in [0.2, 0.25) is 0 Å². The van der Waals surface area contributed by atoms with Crippen LogP contribution in [0.25, 0.3) is 0 Å². The van der Waals surface area contributed by atoms with Gasteiger partial charge >= 0.3 is 6.03 Å². The van der Waals surface area contributed by atoms with Crippen molar-refractivity contribution in [2.24, 2.45) is 0 Å². The summed E-state index contributed by atoms with van der Waals surface area (Å²) < 4.78 is 1.08. The van der Waals surface area contributed by atoms with E-state index in [-0.39, 0.29) is 13.2 Å². The molecule has 0 aliphatic carbocycles. The second-order valence-electron chi connectivity index (χ2n) is 3.18. The Morgan fingerprint density at radius 3 is 2.56 bits per heavy atom. The quantitative estimate of drug-likeness (QED) is 0.613. The SMILES string of the molecule is O=C(NCC(O)CO)Nc1ccc(I)cc1. The number of halogens is 1. The van der Waals surface area contributed by atoms with E-state index < -0.39 is 12.1 Å². The van der Waals surface area contributed by atoms with Crippen molar-refractivity contribution >= 4 is 34.3 Å². The number of amides is 2. The van der Waals surface area contributed by atoms with Crippen molar-refractivity contribution in [2.45, 2.75) is 6.10 Å². The smallest absolute Gasteiger partial charge is 0.319 e. The fourth-order valence-electron chi connectivity index (χ4n) is 0.984. The minimum atomic E-state index is -0.928. The summed E-state index contributed by atoms with van der Waals surface area (Å²) in [5.74, 6) is 0. The van der Waals surface area contributed by atoms with Crippen LogP contribution in [0.5, 0.6) is 0 Å². The van der Waals surface area contributed by atoms with Crippen LogP contribution in [0.4, 0.5) is 10.5 Å². The van der Waals surface area contributed by atoms with Crippen molar-refractivity contribution in [3.05, 3.63) is 27.8 Å². The first kappa shape index (κ1) is 13.2. The van der Waals surface area contributed by atoms with Crippen LogP contribution < -0.4 is 10.6 Å². The molecule has 0 saturated heterocycles. The van der Waals surface area contributed by atoms with E-state index in [1.165, 1.54) is 0 Å². The molecule has 88 valence electrons. The average Bonchev–Trinajstić information content (AvgIpc) is 2.29. The van der Waals surface area contributed by atoms with Gasteiger partial charge in [0.1, 0.15) is 0 Å². The van der Waals surface area contributed by atoms with Crippen molar-refractivity contribution in [1.29, 1.82) is 0 Å². The first-order chi connectivity index (χ1) is 7.61. The van der Waals surface area contributed by atoms with E-state index in [2.05, 4.69) is 33.2 Å². The predicted molar refractivity (Wildman–Crippen MR) is 69.3 cm³/mol. The zero-order valence-corrected chi connectivity index (χ0v) is 10.6. The summed E-state index contributed by atoms with van der Waals surface area (Å²) >= 11 is 2.17. The summed E-state index contributed by atoms with van der Waals surface area (Å²) in [6.45, 7) is -0.351. The number of carbonyl (C=O) groups is 1. The Morgan fingerprint density at radius 1 is 1.38 bits per heavy atom. The Bertz CT molecular complexity index is 342. The van der Waals surface area contributed by atoms with Crippen molar-refractivity contribution in [2.75, 3.05) is 18.5 Å². The van der Waals surface area contributed by atoms with Gasteiger partial charge in [-0.3, -0.25) is 0 Å². The lowest BCUT2D eigenvalue weighted by Gasteiger charge is -2.10. The zero-order valence-electron chi connectivity index (χ0n) is 8.48. The highest BCUT2D eigenvalue weighted by atomic mass is 127. The number of hydrogen-bond donors (Lipinski definition) is 4. The molecule has 1 unspecified atom stereocenters. The van der Waals surface area contributed by atoms with Gasteiger partial charge in [0.15, 0.2) is 0 Å². The molecular weight excluding hydrogens is 323 g/mol. The number of hydrogen-bond acceptors (Lipinski definition) is 3. The van der Waals surface area contributed by atoms with Gasteiger partial charge in [-0.15, -0.1) is 0 Å². The molecule has 0 radical (unpaired) electrons. The Kier molecular flexibility index (Phi) is 5.50. The molecule has 16 heavy (non-hydrogen) atoms. The molecule has 0 spiro atoms. The van der Waals surface area contributed by atoms with Gasteiger partial charge in [-0.25, -0.2) is 4.79 Å². The van der Waals surface area contributed by atoms with E-state index >= 15 is 0 Å². The molecule has 2 amide bonds. The molecule has 0 bridgehead atoms. The number of rotatable bonds is 4. The van der Waals surface area contributed by atoms with Crippen LogP contribution in [-0.4, -0.2) is 35.5 Å². The monoisotopic (exact) mass is 336 g/mol. The highest BCUT2D eigenvalue weighted by molar-refractivity contribution is 14.1. The van der Waals surface area contributed by atoms with Crippen LogP contribution in [0.3, 0.4) is 0 Å². The van der Waals surface area contributed by atoms with E-state index in [4.69, 9.17) is 10.2 Å². The lowest BCUT2D eigenvalue weighted by atomic mass is 10.3. The Hall–Kier alpha value is -0.860. The lowest BCUT2D eigenvalue weighted by Crippen LogP contribution is -2.36. The molecule has 0 aromatic heterocycles. The molecule has 0 aliphatic rings. The number of nitrogens with one attached hydrogen (secondary N) is 2. The third kappa shape index (κ3) is 4.77. The number of aliphatic hydroxyl groups is 2. The number of benzene rings is 1. The highest BCUT2D eigenvalue weighted by Gasteiger charge is 2.05. The maximum Gasteiger partial charge on any atom is 0.319 e. The number of aliphatic hydroxyl groups excluding tert-OH is 2. The molecular formula is C10H13IN2O3. The van der Waals surface area contributed by atoms with Gasteiger partial charge in [-0.1, -0.05) is 0 Å². The summed E-state index contributed by atoms with van der Waals surface area (Å²) in [6.07, 6.45) is -0.928. The largest absolute Gasteiger partial charge is 0.394 e. The van der Waals surface area contributed by atoms with Crippen molar-refractivity contribution < 1.29 is 15.0 Å². The summed E-state index contributed by atoms with van der Waals surface area (Å²) in [6, 6.07) is 6.90. The van der Waals surface area contributed by atoms with Crippen molar-refractivity contribution in [1.82, 2.24) is 5.32 Å². The van der Waals surface area contributed by atoms with Gasteiger partial charge in [0.25, 0.3) is 0 Å². The second kappa shape index (κ2) is 6.66. The van der Waals surface area contributed by atoms with Crippen LogP contribution in [0.2, 0.25) is 0 Å². The molecule has 1 rings (SSSR count). The normalized spacial score (nSPS) is 11.9. The Morgan fingerprint density at radius 2 is 2.00 bits per heavy atom. The fraction of sp³-hybridized carbons (Fsp3) is 0.300.